The van der Waals surface area contributed by atoms with Crippen LogP contribution in [0.1, 0.15) is 52.0 Å². The first-order valence-corrected chi connectivity index (χ1v) is 7.77. The third kappa shape index (κ3) is 4.20. The zero-order valence-corrected chi connectivity index (χ0v) is 13.2. The molecule has 1 atom stereocenters. The molecular weight excluding hydrogens is 268 g/mol. The third-order valence-electron chi connectivity index (χ3n) is 3.27. The molecule has 1 aliphatic heterocycles. The first-order valence-electron chi connectivity index (χ1n) is 7.77. The number of ether oxygens (including phenoxy) is 2. The Morgan fingerprint density at radius 2 is 2.24 bits per heavy atom. The van der Waals surface area contributed by atoms with Crippen LogP contribution in [-0.4, -0.2) is 29.7 Å². The summed E-state index contributed by atoms with van der Waals surface area (Å²) in [5, 5.41) is 3.28. The Morgan fingerprint density at radius 1 is 1.43 bits per heavy atom. The van der Waals surface area contributed by atoms with Crippen molar-refractivity contribution < 1.29 is 9.47 Å². The summed E-state index contributed by atoms with van der Waals surface area (Å²) in [6, 6.07) is 0. The maximum absolute atomic E-state index is 6.12. The number of aromatic nitrogens is 2. The molecular formula is C15H26N4O2. The summed E-state index contributed by atoms with van der Waals surface area (Å²) < 4.78 is 11.3. The second-order valence-corrected chi connectivity index (χ2v) is 5.77. The highest BCUT2D eigenvalue weighted by atomic mass is 16.5. The molecule has 0 aromatic carbocycles. The average Bonchev–Trinajstić information content (AvgIpc) is 2.99. The second kappa shape index (κ2) is 7.45. The summed E-state index contributed by atoms with van der Waals surface area (Å²) in [6.07, 6.45) is 2.85. The molecule has 2 heterocycles. The van der Waals surface area contributed by atoms with Crippen LogP contribution in [-0.2, 0) is 4.74 Å². The molecule has 0 aliphatic carbocycles. The first-order chi connectivity index (χ1) is 10.1. The van der Waals surface area contributed by atoms with Gasteiger partial charge in [0, 0.05) is 13.2 Å². The van der Waals surface area contributed by atoms with Gasteiger partial charge in [0.15, 0.2) is 11.6 Å². The molecule has 0 spiro atoms. The van der Waals surface area contributed by atoms with Gasteiger partial charge >= 0.3 is 0 Å². The minimum Gasteiger partial charge on any atom is -0.476 e. The number of anilines is 2. The van der Waals surface area contributed by atoms with E-state index in [1.807, 2.05) is 0 Å². The first kappa shape index (κ1) is 15.8. The van der Waals surface area contributed by atoms with Crippen LogP contribution >= 0.6 is 0 Å². The van der Waals surface area contributed by atoms with Gasteiger partial charge < -0.3 is 20.5 Å². The van der Waals surface area contributed by atoms with Gasteiger partial charge in [-0.1, -0.05) is 20.8 Å². The number of hydrogen-bond acceptors (Lipinski definition) is 6. The zero-order chi connectivity index (χ0) is 15.2. The summed E-state index contributed by atoms with van der Waals surface area (Å²) in [5.74, 6) is 2.28. The molecule has 6 nitrogen and oxygen atoms in total. The number of nitrogens with one attached hydrogen (secondary N) is 1. The second-order valence-electron chi connectivity index (χ2n) is 5.77. The van der Waals surface area contributed by atoms with E-state index in [9.17, 15) is 0 Å². The topological polar surface area (TPSA) is 82.3 Å². The lowest BCUT2D eigenvalue weighted by Crippen LogP contribution is -2.15. The molecule has 0 radical (unpaired) electrons. The van der Waals surface area contributed by atoms with Gasteiger partial charge in [0.25, 0.3) is 0 Å². The summed E-state index contributed by atoms with van der Waals surface area (Å²) in [4.78, 5) is 9.00. The SMILES string of the molecule is CCCOc1nc(C2CCCO2)nc(NCC(C)C)c1N. The molecule has 0 amide bonds. The Hall–Kier alpha value is -1.56. The smallest absolute Gasteiger partial charge is 0.242 e. The third-order valence-corrected chi connectivity index (χ3v) is 3.27. The highest BCUT2D eigenvalue weighted by Crippen LogP contribution is 2.32. The monoisotopic (exact) mass is 294 g/mol. The van der Waals surface area contributed by atoms with E-state index in [1.54, 1.807) is 0 Å². The van der Waals surface area contributed by atoms with Crippen molar-refractivity contribution in [1.82, 2.24) is 9.97 Å². The lowest BCUT2D eigenvalue weighted by Gasteiger charge is -2.17. The van der Waals surface area contributed by atoms with Gasteiger partial charge in [-0.3, -0.25) is 0 Å². The lowest BCUT2D eigenvalue weighted by atomic mass is 10.2. The highest BCUT2D eigenvalue weighted by molar-refractivity contribution is 5.67. The van der Waals surface area contributed by atoms with Gasteiger partial charge in [0.1, 0.15) is 11.8 Å². The van der Waals surface area contributed by atoms with Gasteiger partial charge in [-0.15, -0.1) is 0 Å². The fraction of sp³-hybridized carbons (Fsp3) is 0.733. The minimum absolute atomic E-state index is 0.0471. The summed E-state index contributed by atoms with van der Waals surface area (Å²) in [6.45, 7) is 8.49. The van der Waals surface area contributed by atoms with Gasteiger partial charge in [0.2, 0.25) is 5.88 Å². The molecule has 1 fully saturated rings. The predicted octanol–water partition coefficient (Wildman–Crippen LogP) is 2.77. The Balaban J connectivity index is 2.25. The van der Waals surface area contributed by atoms with Crippen molar-refractivity contribution in [2.24, 2.45) is 5.92 Å². The van der Waals surface area contributed by atoms with E-state index >= 15 is 0 Å². The van der Waals surface area contributed by atoms with Crippen LogP contribution in [0.25, 0.3) is 0 Å². The van der Waals surface area contributed by atoms with Crippen LogP contribution in [0.5, 0.6) is 5.88 Å². The van der Waals surface area contributed by atoms with Gasteiger partial charge in [-0.05, 0) is 25.2 Å². The Morgan fingerprint density at radius 3 is 2.86 bits per heavy atom. The molecule has 1 aliphatic rings. The zero-order valence-electron chi connectivity index (χ0n) is 13.2. The largest absolute Gasteiger partial charge is 0.476 e. The van der Waals surface area contributed by atoms with Crippen molar-refractivity contribution in [2.45, 2.75) is 46.1 Å². The minimum atomic E-state index is -0.0471. The lowest BCUT2D eigenvalue weighted by molar-refractivity contribution is 0.104. The number of nitrogen functional groups attached to an aromatic ring is 1. The highest BCUT2D eigenvalue weighted by Gasteiger charge is 2.24. The molecule has 6 heteroatoms. The fourth-order valence-electron chi connectivity index (χ4n) is 2.13. The van der Waals surface area contributed by atoms with E-state index in [0.717, 1.165) is 32.4 Å². The standard InChI is InChI=1S/C15H26N4O2/c1-4-7-21-15-12(16)14(17-9-10(2)3)18-13(19-15)11-6-5-8-20-11/h10-11H,4-9,16H2,1-3H3,(H,17,18,19). The molecule has 118 valence electrons. The molecule has 3 N–H and O–H groups in total. The quantitative estimate of drug-likeness (QED) is 0.804. The predicted molar refractivity (Wildman–Crippen MR) is 83.5 cm³/mol. The van der Waals surface area contributed by atoms with E-state index < -0.39 is 0 Å². The normalized spacial score (nSPS) is 18.2. The van der Waals surface area contributed by atoms with Crippen LogP contribution in [0.4, 0.5) is 11.5 Å². The molecule has 1 unspecified atom stereocenters. The maximum Gasteiger partial charge on any atom is 0.242 e. The molecule has 1 aromatic heterocycles. The molecule has 1 saturated heterocycles. The van der Waals surface area contributed by atoms with Crippen LogP contribution in [0, 0.1) is 5.92 Å². The van der Waals surface area contributed by atoms with Gasteiger partial charge in [-0.2, -0.15) is 4.98 Å². The Kier molecular flexibility index (Phi) is 5.61. The van der Waals surface area contributed by atoms with Crippen molar-refractivity contribution in [3.63, 3.8) is 0 Å². The van der Waals surface area contributed by atoms with Crippen molar-refractivity contribution in [3.8, 4) is 5.88 Å². The molecule has 21 heavy (non-hydrogen) atoms. The number of hydrogen-bond donors (Lipinski definition) is 2. The van der Waals surface area contributed by atoms with E-state index in [0.29, 0.717) is 35.7 Å². The van der Waals surface area contributed by atoms with E-state index in [4.69, 9.17) is 15.2 Å². The number of nitrogens with zero attached hydrogens (tertiary/aromatic N) is 2. The Bertz CT molecular complexity index is 459. The fourth-order valence-corrected chi connectivity index (χ4v) is 2.13. The number of rotatable bonds is 7. The summed E-state index contributed by atoms with van der Waals surface area (Å²) in [5.41, 5.74) is 6.60. The number of nitrogens with two attached hydrogens (primary N) is 1. The Labute approximate surface area is 126 Å². The van der Waals surface area contributed by atoms with Crippen molar-refractivity contribution in [1.29, 1.82) is 0 Å². The van der Waals surface area contributed by atoms with Gasteiger partial charge in [-0.25, -0.2) is 4.98 Å². The van der Waals surface area contributed by atoms with Crippen LogP contribution in [0.2, 0.25) is 0 Å². The van der Waals surface area contributed by atoms with Crippen molar-refractivity contribution >= 4 is 11.5 Å². The maximum atomic E-state index is 6.12. The molecule has 1 aromatic rings. The van der Waals surface area contributed by atoms with Crippen LogP contribution < -0.4 is 15.8 Å². The van der Waals surface area contributed by atoms with Crippen molar-refractivity contribution in [3.05, 3.63) is 5.82 Å². The van der Waals surface area contributed by atoms with Crippen LogP contribution in [0.3, 0.4) is 0 Å². The summed E-state index contributed by atoms with van der Waals surface area (Å²) in [7, 11) is 0. The molecule has 0 bridgehead atoms. The molecule has 0 saturated carbocycles. The van der Waals surface area contributed by atoms with E-state index in [-0.39, 0.29) is 6.10 Å². The van der Waals surface area contributed by atoms with E-state index in [1.165, 1.54) is 0 Å². The van der Waals surface area contributed by atoms with Crippen molar-refractivity contribution in [2.75, 3.05) is 30.8 Å². The molecule has 2 rings (SSSR count). The van der Waals surface area contributed by atoms with Crippen LogP contribution in [0.15, 0.2) is 0 Å². The van der Waals surface area contributed by atoms with E-state index in [2.05, 4.69) is 36.1 Å². The average molecular weight is 294 g/mol. The summed E-state index contributed by atoms with van der Waals surface area (Å²) >= 11 is 0. The van der Waals surface area contributed by atoms with Gasteiger partial charge in [0.05, 0.1) is 6.61 Å².